The zero-order chi connectivity index (χ0) is 14.3. The molecule has 2 rings (SSSR count). The number of rotatable bonds is 5. The van der Waals surface area contributed by atoms with Crippen molar-refractivity contribution in [1.29, 1.82) is 5.26 Å². The van der Waals surface area contributed by atoms with E-state index in [2.05, 4.69) is 46.5 Å². The number of hydrogen-bond donors (Lipinski definition) is 1. The molecule has 0 atom stereocenters. The van der Waals surface area contributed by atoms with Crippen molar-refractivity contribution >= 4 is 0 Å². The van der Waals surface area contributed by atoms with E-state index in [9.17, 15) is 5.26 Å². The van der Waals surface area contributed by atoms with Crippen molar-refractivity contribution in [3.63, 3.8) is 0 Å². The van der Waals surface area contributed by atoms with E-state index in [0.717, 1.165) is 38.9 Å². The van der Waals surface area contributed by atoms with Crippen LogP contribution >= 0.6 is 0 Å². The molecule has 1 fully saturated rings. The molecule has 0 unspecified atom stereocenters. The maximum Gasteiger partial charge on any atom is 0.109 e. The van der Waals surface area contributed by atoms with Crippen molar-refractivity contribution in [1.82, 2.24) is 10.2 Å². The number of likely N-dealkylation sites (tertiary alicyclic amines) is 1. The Bertz CT molecular complexity index is 487. The lowest BCUT2D eigenvalue weighted by molar-refractivity contribution is 0.171. The maximum atomic E-state index is 9.36. The molecule has 1 N–H and O–H groups in total. The Morgan fingerprint density at radius 2 is 1.95 bits per heavy atom. The second kappa shape index (κ2) is 7.10. The van der Waals surface area contributed by atoms with E-state index in [4.69, 9.17) is 6.42 Å². The van der Waals surface area contributed by atoms with Gasteiger partial charge in [-0.2, -0.15) is 5.26 Å². The minimum absolute atomic E-state index is 0.421. The zero-order valence-corrected chi connectivity index (χ0v) is 11.8. The van der Waals surface area contributed by atoms with E-state index in [1.165, 1.54) is 5.56 Å². The Kier molecular flexibility index (Phi) is 5.18. The van der Waals surface area contributed by atoms with Crippen LogP contribution in [0.15, 0.2) is 30.3 Å². The van der Waals surface area contributed by atoms with Gasteiger partial charge < -0.3 is 4.90 Å². The molecule has 0 aliphatic carbocycles. The van der Waals surface area contributed by atoms with Crippen molar-refractivity contribution in [3.8, 4) is 18.4 Å². The Hall–Kier alpha value is -1.81. The quantitative estimate of drug-likeness (QED) is 0.827. The molecule has 104 valence electrons. The third-order valence-electron chi connectivity index (χ3n) is 4.01. The van der Waals surface area contributed by atoms with Gasteiger partial charge in [0.25, 0.3) is 0 Å². The van der Waals surface area contributed by atoms with Crippen molar-refractivity contribution in [2.24, 2.45) is 0 Å². The largest absolute Gasteiger partial charge is 0.303 e. The molecule has 1 aromatic carbocycles. The Labute approximate surface area is 121 Å². The highest BCUT2D eigenvalue weighted by Crippen LogP contribution is 2.21. The number of terminal acetylenes is 1. The van der Waals surface area contributed by atoms with Crippen LogP contribution in [0.25, 0.3) is 0 Å². The van der Waals surface area contributed by atoms with E-state index in [1.807, 2.05) is 6.07 Å². The SMILES string of the molecule is C#CCNC1(C#N)CCN(CCc2ccccc2)CC1. The van der Waals surface area contributed by atoms with Gasteiger partial charge in [0.15, 0.2) is 0 Å². The third kappa shape index (κ3) is 3.84. The smallest absolute Gasteiger partial charge is 0.109 e. The lowest BCUT2D eigenvalue weighted by Gasteiger charge is -2.37. The molecular weight excluding hydrogens is 246 g/mol. The number of nitriles is 1. The average Bonchev–Trinajstić information content (AvgIpc) is 2.53. The van der Waals surface area contributed by atoms with Crippen LogP contribution in [0, 0.1) is 23.7 Å². The van der Waals surface area contributed by atoms with E-state index in [-0.39, 0.29) is 0 Å². The van der Waals surface area contributed by atoms with Crippen LogP contribution in [-0.4, -0.2) is 36.6 Å². The van der Waals surface area contributed by atoms with E-state index < -0.39 is 5.54 Å². The topological polar surface area (TPSA) is 39.1 Å². The van der Waals surface area contributed by atoms with Crippen LogP contribution in [0.3, 0.4) is 0 Å². The fourth-order valence-corrected chi connectivity index (χ4v) is 2.64. The monoisotopic (exact) mass is 267 g/mol. The van der Waals surface area contributed by atoms with Crippen molar-refractivity contribution in [2.75, 3.05) is 26.2 Å². The highest BCUT2D eigenvalue weighted by molar-refractivity contribution is 5.15. The predicted molar refractivity (Wildman–Crippen MR) is 81.0 cm³/mol. The fraction of sp³-hybridized carbons (Fsp3) is 0.471. The van der Waals surface area contributed by atoms with Crippen LogP contribution in [0.1, 0.15) is 18.4 Å². The second-order valence-corrected chi connectivity index (χ2v) is 5.33. The van der Waals surface area contributed by atoms with Crippen LogP contribution in [0.2, 0.25) is 0 Å². The first-order chi connectivity index (χ1) is 9.78. The standard InChI is InChI=1S/C17H21N3/c1-2-11-19-17(15-18)9-13-20(14-10-17)12-8-16-6-4-3-5-7-16/h1,3-7,19H,8-14H2. The third-order valence-corrected chi connectivity index (χ3v) is 4.01. The minimum Gasteiger partial charge on any atom is -0.303 e. The highest BCUT2D eigenvalue weighted by Gasteiger charge is 2.33. The molecule has 0 aromatic heterocycles. The Morgan fingerprint density at radius 1 is 1.25 bits per heavy atom. The molecule has 1 aliphatic rings. The molecule has 0 spiro atoms. The molecule has 20 heavy (non-hydrogen) atoms. The first kappa shape index (κ1) is 14.6. The minimum atomic E-state index is -0.421. The Morgan fingerprint density at radius 3 is 2.55 bits per heavy atom. The van der Waals surface area contributed by atoms with Gasteiger partial charge in [-0.1, -0.05) is 36.3 Å². The van der Waals surface area contributed by atoms with E-state index >= 15 is 0 Å². The van der Waals surface area contributed by atoms with Gasteiger partial charge >= 0.3 is 0 Å². The van der Waals surface area contributed by atoms with Gasteiger partial charge in [0.05, 0.1) is 12.6 Å². The molecule has 3 heteroatoms. The van der Waals surface area contributed by atoms with E-state index in [1.54, 1.807) is 0 Å². The number of hydrogen-bond acceptors (Lipinski definition) is 3. The van der Waals surface area contributed by atoms with Gasteiger partial charge in [-0.15, -0.1) is 6.42 Å². The molecule has 0 bridgehead atoms. The van der Waals surface area contributed by atoms with Crippen LogP contribution in [0.5, 0.6) is 0 Å². The lowest BCUT2D eigenvalue weighted by Crippen LogP contribution is -2.52. The molecular formula is C17H21N3. The number of piperidine rings is 1. The molecule has 1 heterocycles. The molecule has 0 radical (unpaired) electrons. The first-order valence-electron chi connectivity index (χ1n) is 7.14. The number of nitrogens with zero attached hydrogens (tertiary/aromatic N) is 2. The van der Waals surface area contributed by atoms with E-state index in [0.29, 0.717) is 6.54 Å². The molecule has 1 saturated heterocycles. The van der Waals surface area contributed by atoms with Crippen molar-refractivity contribution in [2.45, 2.75) is 24.8 Å². The molecule has 1 aromatic rings. The molecule has 3 nitrogen and oxygen atoms in total. The summed E-state index contributed by atoms with van der Waals surface area (Å²) in [5, 5.41) is 12.6. The highest BCUT2D eigenvalue weighted by atomic mass is 15.1. The summed E-state index contributed by atoms with van der Waals surface area (Å²) in [5.74, 6) is 2.56. The summed E-state index contributed by atoms with van der Waals surface area (Å²) in [4.78, 5) is 2.43. The average molecular weight is 267 g/mol. The lowest BCUT2D eigenvalue weighted by atomic mass is 9.89. The summed E-state index contributed by atoms with van der Waals surface area (Å²) in [6.45, 7) is 3.44. The number of nitrogens with one attached hydrogen (secondary N) is 1. The molecule has 0 amide bonds. The summed E-state index contributed by atoms with van der Waals surface area (Å²) in [6, 6.07) is 12.9. The summed E-state index contributed by atoms with van der Waals surface area (Å²) in [7, 11) is 0. The van der Waals surface area contributed by atoms with Crippen LogP contribution in [0.4, 0.5) is 0 Å². The van der Waals surface area contributed by atoms with Crippen LogP contribution in [-0.2, 0) is 6.42 Å². The van der Waals surface area contributed by atoms with Crippen LogP contribution < -0.4 is 5.32 Å². The first-order valence-corrected chi connectivity index (χ1v) is 7.14. The normalized spacial score (nSPS) is 18.1. The van der Waals surface area contributed by atoms with Gasteiger partial charge in [0.2, 0.25) is 0 Å². The van der Waals surface area contributed by atoms with Gasteiger partial charge in [-0.05, 0) is 24.8 Å². The van der Waals surface area contributed by atoms with Crippen molar-refractivity contribution < 1.29 is 0 Å². The molecule has 0 saturated carbocycles. The predicted octanol–water partition coefficient (Wildman–Crippen LogP) is 1.81. The number of benzene rings is 1. The fourth-order valence-electron chi connectivity index (χ4n) is 2.64. The Balaban J connectivity index is 1.79. The van der Waals surface area contributed by atoms with Gasteiger partial charge in [-0.3, -0.25) is 5.32 Å². The zero-order valence-electron chi connectivity index (χ0n) is 11.8. The summed E-state index contributed by atoms with van der Waals surface area (Å²) >= 11 is 0. The summed E-state index contributed by atoms with van der Waals surface area (Å²) < 4.78 is 0. The summed E-state index contributed by atoms with van der Waals surface area (Å²) in [6.07, 6.45) is 8.03. The molecule has 1 aliphatic heterocycles. The van der Waals surface area contributed by atoms with Gasteiger partial charge in [-0.25, -0.2) is 0 Å². The van der Waals surface area contributed by atoms with Gasteiger partial charge in [0, 0.05) is 19.6 Å². The maximum absolute atomic E-state index is 9.36. The summed E-state index contributed by atoms with van der Waals surface area (Å²) in [5.41, 5.74) is 0.949. The second-order valence-electron chi connectivity index (χ2n) is 5.33. The van der Waals surface area contributed by atoms with Gasteiger partial charge in [0.1, 0.15) is 5.54 Å². The van der Waals surface area contributed by atoms with Crippen molar-refractivity contribution in [3.05, 3.63) is 35.9 Å².